The number of aryl methyl sites for hydroxylation is 1. The Balaban J connectivity index is 1.53. The van der Waals surface area contributed by atoms with E-state index in [9.17, 15) is 4.79 Å². The van der Waals surface area contributed by atoms with Crippen LogP contribution in [0.2, 0.25) is 0 Å². The lowest BCUT2D eigenvalue weighted by Gasteiger charge is -2.12. The first-order valence-corrected chi connectivity index (χ1v) is 12.9. The van der Waals surface area contributed by atoms with Gasteiger partial charge in [0.25, 0.3) is 5.91 Å². The van der Waals surface area contributed by atoms with Gasteiger partial charge in [0, 0.05) is 18.3 Å². The van der Waals surface area contributed by atoms with Gasteiger partial charge in [-0.15, -0.1) is 21.5 Å². The van der Waals surface area contributed by atoms with Gasteiger partial charge < -0.3 is 5.32 Å². The average molecular weight is 478 g/mol. The third-order valence-electron chi connectivity index (χ3n) is 5.19. The van der Waals surface area contributed by atoms with E-state index in [-0.39, 0.29) is 5.91 Å². The van der Waals surface area contributed by atoms with Crippen LogP contribution in [0.5, 0.6) is 0 Å². The van der Waals surface area contributed by atoms with Crippen LogP contribution in [0.3, 0.4) is 0 Å². The molecule has 0 saturated carbocycles. The molecule has 0 spiro atoms. The molecule has 0 aliphatic carbocycles. The summed E-state index contributed by atoms with van der Waals surface area (Å²) in [4.78, 5) is 16.8. The Morgan fingerprint density at radius 3 is 2.67 bits per heavy atom. The number of unbranched alkanes of at least 4 members (excludes halogenated alkanes) is 1. The van der Waals surface area contributed by atoms with Crippen molar-refractivity contribution < 1.29 is 4.79 Å². The molecule has 33 heavy (non-hydrogen) atoms. The number of carbonyl (C=O) groups is 1. The third kappa shape index (κ3) is 5.89. The molecule has 4 rings (SSSR count). The number of thiazole rings is 1. The van der Waals surface area contributed by atoms with Crippen molar-refractivity contribution in [2.45, 2.75) is 44.0 Å². The van der Waals surface area contributed by atoms with Crippen LogP contribution in [-0.2, 0) is 12.2 Å². The standard InChI is InChI=1S/C25H27N5OS2/c1-3-4-14-26-24(31)20-16-32-23(27-20)17-33-25-29-28-22(15-19-11-6-5-7-12-19)30(25)21-13-9-8-10-18(21)2/h5-13,16H,3-4,14-15,17H2,1-2H3,(H,26,31). The molecule has 170 valence electrons. The molecule has 6 nitrogen and oxygen atoms in total. The number of hydrogen-bond donors (Lipinski definition) is 1. The minimum atomic E-state index is -0.107. The Hall–Kier alpha value is -2.97. The average Bonchev–Trinajstić information content (AvgIpc) is 3.46. The molecule has 4 aromatic rings. The van der Waals surface area contributed by atoms with Crippen LogP contribution in [0.15, 0.2) is 65.1 Å². The Morgan fingerprint density at radius 2 is 1.88 bits per heavy atom. The molecule has 8 heteroatoms. The fourth-order valence-electron chi connectivity index (χ4n) is 3.42. The van der Waals surface area contributed by atoms with Crippen LogP contribution in [0.1, 0.15) is 52.2 Å². The number of nitrogens with zero attached hydrogens (tertiary/aromatic N) is 4. The summed E-state index contributed by atoms with van der Waals surface area (Å²) < 4.78 is 2.14. The van der Waals surface area contributed by atoms with E-state index in [1.807, 2.05) is 35.7 Å². The van der Waals surface area contributed by atoms with Gasteiger partial charge in [-0.3, -0.25) is 9.36 Å². The van der Waals surface area contributed by atoms with Crippen molar-refractivity contribution in [3.8, 4) is 5.69 Å². The first kappa shape index (κ1) is 23.2. The van der Waals surface area contributed by atoms with Gasteiger partial charge in [-0.2, -0.15) is 0 Å². The number of nitrogens with one attached hydrogen (secondary N) is 1. The summed E-state index contributed by atoms with van der Waals surface area (Å²) in [7, 11) is 0. The number of hydrogen-bond acceptors (Lipinski definition) is 6. The highest BCUT2D eigenvalue weighted by Gasteiger charge is 2.18. The van der Waals surface area contributed by atoms with Crippen molar-refractivity contribution in [2.75, 3.05) is 6.54 Å². The molecular weight excluding hydrogens is 450 g/mol. The summed E-state index contributed by atoms with van der Waals surface area (Å²) in [5.41, 5.74) is 3.91. The number of amides is 1. The largest absolute Gasteiger partial charge is 0.351 e. The zero-order valence-corrected chi connectivity index (χ0v) is 20.5. The first-order valence-electron chi connectivity index (χ1n) is 11.1. The number of carbonyl (C=O) groups excluding carboxylic acids is 1. The van der Waals surface area contributed by atoms with Gasteiger partial charge in [-0.25, -0.2) is 4.98 Å². The van der Waals surface area contributed by atoms with E-state index in [2.05, 4.69) is 63.2 Å². The van der Waals surface area contributed by atoms with Crippen LogP contribution in [-0.4, -0.2) is 32.2 Å². The number of benzene rings is 2. The fourth-order valence-corrected chi connectivity index (χ4v) is 5.18. The smallest absolute Gasteiger partial charge is 0.270 e. The molecule has 0 atom stereocenters. The van der Waals surface area contributed by atoms with Gasteiger partial charge in [0.15, 0.2) is 5.16 Å². The number of para-hydroxylation sites is 1. The molecule has 0 fully saturated rings. The van der Waals surface area contributed by atoms with Crippen molar-refractivity contribution in [3.63, 3.8) is 0 Å². The van der Waals surface area contributed by atoms with E-state index in [1.165, 1.54) is 16.9 Å². The van der Waals surface area contributed by atoms with Gasteiger partial charge in [-0.05, 0) is 30.5 Å². The van der Waals surface area contributed by atoms with Gasteiger partial charge >= 0.3 is 0 Å². The Kier molecular flexibility index (Phi) is 7.91. The topological polar surface area (TPSA) is 72.7 Å². The molecule has 0 aliphatic rings. The maximum Gasteiger partial charge on any atom is 0.270 e. The lowest BCUT2D eigenvalue weighted by Crippen LogP contribution is -2.24. The van der Waals surface area contributed by atoms with Gasteiger partial charge in [-0.1, -0.05) is 73.6 Å². The molecule has 0 unspecified atom stereocenters. The number of rotatable bonds is 10. The van der Waals surface area contributed by atoms with Gasteiger partial charge in [0.2, 0.25) is 0 Å². The quantitative estimate of drug-likeness (QED) is 0.243. The predicted octanol–water partition coefficient (Wildman–Crippen LogP) is 5.45. The van der Waals surface area contributed by atoms with Crippen molar-refractivity contribution in [1.82, 2.24) is 25.1 Å². The Morgan fingerprint density at radius 1 is 1.09 bits per heavy atom. The zero-order valence-electron chi connectivity index (χ0n) is 18.8. The number of thioether (sulfide) groups is 1. The normalized spacial score (nSPS) is 11.0. The Bertz CT molecular complexity index is 1200. The molecule has 1 amide bonds. The molecule has 0 aliphatic heterocycles. The highest BCUT2D eigenvalue weighted by atomic mass is 32.2. The lowest BCUT2D eigenvalue weighted by atomic mass is 10.1. The summed E-state index contributed by atoms with van der Waals surface area (Å²) in [5, 5.41) is 15.5. The monoisotopic (exact) mass is 477 g/mol. The summed E-state index contributed by atoms with van der Waals surface area (Å²) >= 11 is 3.09. The molecule has 0 radical (unpaired) electrons. The van der Waals surface area contributed by atoms with Crippen molar-refractivity contribution >= 4 is 29.0 Å². The maximum absolute atomic E-state index is 12.3. The van der Waals surface area contributed by atoms with E-state index in [0.29, 0.717) is 24.4 Å². The molecule has 2 aromatic carbocycles. The maximum atomic E-state index is 12.3. The highest BCUT2D eigenvalue weighted by molar-refractivity contribution is 7.98. The van der Waals surface area contributed by atoms with E-state index in [1.54, 1.807) is 11.8 Å². The van der Waals surface area contributed by atoms with Crippen LogP contribution < -0.4 is 5.32 Å². The second-order valence-electron chi connectivity index (χ2n) is 7.71. The second kappa shape index (κ2) is 11.2. The molecule has 0 bridgehead atoms. The Labute approximate surface area is 202 Å². The highest BCUT2D eigenvalue weighted by Crippen LogP contribution is 2.28. The van der Waals surface area contributed by atoms with E-state index >= 15 is 0 Å². The van der Waals surface area contributed by atoms with E-state index in [0.717, 1.165) is 40.1 Å². The first-order chi connectivity index (χ1) is 16.2. The van der Waals surface area contributed by atoms with Crippen LogP contribution >= 0.6 is 23.1 Å². The minimum Gasteiger partial charge on any atom is -0.351 e. The second-order valence-corrected chi connectivity index (χ2v) is 9.59. The van der Waals surface area contributed by atoms with Gasteiger partial charge in [0.05, 0.1) is 11.4 Å². The summed E-state index contributed by atoms with van der Waals surface area (Å²) in [6.45, 7) is 4.88. The summed E-state index contributed by atoms with van der Waals surface area (Å²) in [6.07, 6.45) is 2.72. The molecule has 2 heterocycles. The van der Waals surface area contributed by atoms with Crippen LogP contribution in [0.4, 0.5) is 0 Å². The number of aromatic nitrogens is 4. The SMILES string of the molecule is CCCCNC(=O)c1csc(CSc2nnc(Cc3ccccc3)n2-c2ccccc2C)n1. The van der Waals surface area contributed by atoms with E-state index < -0.39 is 0 Å². The molecule has 1 N–H and O–H groups in total. The van der Waals surface area contributed by atoms with Crippen molar-refractivity contribution in [3.05, 3.63) is 87.6 Å². The van der Waals surface area contributed by atoms with Crippen LogP contribution in [0.25, 0.3) is 5.69 Å². The summed E-state index contributed by atoms with van der Waals surface area (Å²) in [6, 6.07) is 18.6. The predicted molar refractivity (Wildman–Crippen MR) is 134 cm³/mol. The van der Waals surface area contributed by atoms with E-state index in [4.69, 9.17) is 0 Å². The van der Waals surface area contributed by atoms with Crippen molar-refractivity contribution in [2.24, 2.45) is 0 Å². The third-order valence-corrected chi connectivity index (χ3v) is 7.16. The van der Waals surface area contributed by atoms with Crippen LogP contribution in [0, 0.1) is 6.92 Å². The van der Waals surface area contributed by atoms with Gasteiger partial charge in [0.1, 0.15) is 16.5 Å². The summed E-state index contributed by atoms with van der Waals surface area (Å²) in [5.74, 6) is 1.42. The molecule has 2 aromatic heterocycles. The molecular formula is C25H27N5OS2. The lowest BCUT2D eigenvalue weighted by molar-refractivity contribution is 0.0948. The zero-order chi connectivity index (χ0) is 23.0. The van der Waals surface area contributed by atoms with Crippen molar-refractivity contribution in [1.29, 1.82) is 0 Å². The molecule has 0 saturated heterocycles. The minimum absolute atomic E-state index is 0.107. The fraction of sp³-hybridized carbons (Fsp3) is 0.280.